The quantitative estimate of drug-likeness (QED) is 0.663. The van der Waals surface area contributed by atoms with Crippen LogP contribution in [-0.2, 0) is 17.8 Å². The lowest BCUT2D eigenvalue weighted by Crippen LogP contribution is -2.09. The van der Waals surface area contributed by atoms with Crippen LogP contribution in [0.25, 0.3) is 4.96 Å². The molecular formula is C9H8N2O2S. The van der Waals surface area contributed by atoms with Crippen LogP contribution < -0.4 is 0 Å². The number of ether oxygens (including phenoxy) is 1. The predicted octanol–water partition coefficient (Wildman–Crippen LogP) is 1.28. The summed E-state index contributed by atoms with van der Waals surface area (Å²) < 4.78 is 7.36. The zero-order valence-corrected chi connectivity index (χ0v) is 8.21. The van der Waals surface area contributed by atoms with Crippen LogP contribution in [0.5, 0.6) is 0 Å². The fourth-order valence-corrected chi connectivity index (χ4v) is 2.81. The molecule has 2 aromatic heterocycles. The zero-order valence-electron chi connectivity index (χ0n) is 7.40. The molecule has 0 saturated carbocycles. The summed E-state index contributed by atoms with van der Waals surface area (Å²) in [6.45, 7) is 1.44. The highest BCUT2D eigenvalue weighted by atomic mass is 32.1. The Labute approximate surface area is 84.1 Å². The molecule has 0 saturated heterocycles. The van der Waals surface area contributed by atoms with Gasteiger partial charge in [0.1, 0.15) is 5.69 Å². The van der Waals surface area contributed by atoms with E-state index in [1.54, 1.807) is 17.5 Å². The van der Waals surface area contributed by atoms with Crippen LogP contribution in [0.2, 0.25) is 0 Å². The first-order valence-electron chi connectivity index (χ1n) is 4.41. The van der Waals surface area contributed by atoms with Crippen molar-refractivity contribution in [2.75, 3.05) is 6.61 Å². The second-order valence-corrected chi connectivity index (χ2v) is 4.27. The van der Waals surface area contributed by atoms with Crippen molar-refractivity contribution in [3.05, 3.63) is 22.5 Å². The van der Waals surface area contributed by atoms with E-state index in [2.05, 4.69) is 4.98 Å². The third kappa shape index (κ3) is 1.03. The van der Waals surface area contributed by atoms with E-state index in [-0.39, 0.29) is 0 Å². The summed E-state index contributed by atoms with van der Waals surface area (Å²) in [5, 5.41) is 0. The Morgan fingerprint density at radius 3 is 3.43 bits per heavy atom. The van der Waals surface area contributed by atoms with Gasteiger partial charge in [-0.2, -0.15) is 0 Å². The molecule has 1 aliphatic heterocycles. The first-order valence-corrected chi connectivity index (χ1v) is 5.22. The van der Waals surface area contributed by atoms with E-state index in [0.29, 0.717) is 12.3 Å². The average molecular weight is 208 g/mol. The molecule has 14 heavy (non-hydrogen) atoms. The van der Waals surface area contributed by atoms with Crippen molar-refractivity contribution in [1.82, 2.24) is 9.38 Å². The fourth-order valence-electron chi connectivity index (χ4n) is 1.71. The van der Waals surface area contributed by atoms with E-state index in [1.165, 1.54) is 10.6 Å². The maximum absolute atomic E-state index is 10.5. The predicted molar refractivity (Wildman–Crippen MR) is 51.8 cm³/mol. The Kier molecular flexibility index (Phi) is 1.68. The van der Waals surface area contributed by atoms with E-state index >= 15 is 0 Å². The van der Waals surface area contributed by atoms with Gasteiger partial charge in [0, 0.05) is 18.3 Å². The van der Waals surface area contributed by atoms with E-state index in [9.17, 15) is 4.79 Å². The van der Waals surface area contributed by atoms with Gasteiger partial charge in [-0.25, -0.2) is 4.98 Å². The van der Waals surface area contributed by atoms with Gasteiger partial charge in [-0.1, -0.05) is 11.3 Å². The minimum atomic E-state index is 0.505. The van der Waals surface area contributed by atoms with E-state index < -0.39 is 0 Å². The number of nitrogens with zero attached hydrogens (tertiary/aromatic N) is 2. The molecule has 4 nitrogen and oxygen atoms in total. The van der Waals surface area contributed by atoms with Crippen molar-refractivity contribution in [3.63, 3.8) is 0 Å². The lowest BCUT2D eigenvalue weighted by molar-refractivity contribution is 0.111. The smallest absolute Gasteiger partial charge is 0.194 e. The standard InChI is InChI=1S/C9H8N2O2S/c12-4-6-3-11-7-1-2-13-5-8(7)14-9(11)10-6/h3-4H,1-2,5H2. The highest BCUT2D eigenvalue weighted by molar-refractivity contribution is 7.17. The number of carbonyl (C=O) groups is 1. The van der Waals surface area contributed by atoms with Gasteiger partial charge in [-0.3, -0.25) is 9.20 Å². The molecule has 72 valence electrons. The number of fused-ring (bicyclic) bond motifs is 3. The lowest BCUT2D eigenvalue weighted by Gasteiger charge is -2.10. The summed E-state index contributed by atoms with van der Waals surface area (Å²) in [7, 11) is 0. The van der Waals surface area contributed by atoms with Crippen LogP contribution in [0, 0.1) is 0 Å². The summed E-state index contributed by atoms with van der Waals surface area (Å²) >= 11 is 1.60. The molecule has 0 radical (unpaired) electrons. The second kappa shape index (κ2) is 2.90. The number of aldehydes is 1. The van der Waals surface area contributed by atoms with Gasteiger partial charge in [-0.05, 0) is 0 Å². The number of carbonyl (C=O) groups excluding carboxylic acids is 1. The summed E-state index contributed by atoms with van der Waals surface area (Å²) in [5.74, 6) is 0. The Morgan fingerprint density at radius 1 is 1.64 bits per heavy atom. The number of hydrogen-bond acceptors (Lipinski definition) is 4. The average Bonchev–Trinajstić information content (AvgIpc) is 2.73. The molecule has 0 fully saturated rings. The van der Waals surface area contributed by atoms with Gasteiger partial charge in [-0.15, -0.1) is 0 Å². The van der Waals surface area contributed by atoms with Gasteiger partial charge in [0.05, 0.1) is 18.1 Å². The summed E-state index contributed by atoms with van der Waals surface area (Å²) in [6.07, 6.45) is 3.48. The number of aromatic nitrogens is 2. The molecular weight excluding hydrogens is 200 g/mol. The summed E-state index contributed by atoms with van der Waals surface area (Å²) in [5.41, 5.74) is 1.75. The van der Waals surface area contributed by atoms with Gasteiger partial charge in [0.2, 0.25) is 0 Å². The van der Waals surface area contributed by atoms with Gasteiger partial charge in [0.25, 0.3) is 0 Å². The normalized spacial score (nSPS) is 15.7. The maximum Gasteiger partial charge on any atom is 0.194 e. The largest absolute Gasteiger partial charge is 0.375 e. The third-order valence-electron chi connectivity index (χ3n) is 2.36. The minimum absolute atomic E-state index is 0.505. The highest BCUT2D eigenvalue weighted by Gasteiger charge is 2.17. The molecule has 2 aromatic rings. The summed E-state index contributed by atoms with van der Waals surface area (Å²) in [4.78, 5) is 16.9. The molecule has 0 atom stereocenters. The number of thiazole rings is 1. The Hall–Kier alpha value is -1.20. The Morgan fingerprint density at radius 2 is 2.57 bits per heavy atom. The molecule has 0 aromatic carbocycles. The fraction of sp³-hybridized carbons (Fsp3) is 0.333. The van der Waals surface area contributed by atoms with Crippen LogP contribution in [-0.4, -0.2) is 22.3 Å². The van der Waals surface area contributed by atoms with Crippen LogP contribution in [0.3, 0.4) is 0 Å². The van der Waals surface area contributed by atoms with Crippen molar-refractivity contribution >= 4 is 22.6 Å². The molecule has 0 amide bonds. The topological polar surface area (TPSA) is 43.6 Å². The molecule has 0 bridgehead atoms. The van der Waals surface area contributed by atoms with Crippen molar-refractivity contribution in [3.8, 4) is 0 Å². The molecule has 3 rings (SSSR count). The third-order valence-corrected chi connectivity index (χ3v) is 3.43. The molecule has 0 aliphatic carbocycles. The van der Waals surface area contributed by atoms with Gasteiger partial charge >= 0.3 is 0 Å². The number of hydrogen-bond donors (Lipinski definition) is 0. The van der Waals surface area contributed by atoms with E-state index in [0.717, 1.165) is 24.3 Å². The van der Waals surface area contributed by atoms with Crippen molar-refractivity contribution < 1.29 is 9.53 Å². The summed E-state index contributed by atoms with van der Waals surface area (Å²) in [6, 6.07) is 0. The molecule has 1 aliphatic rings. The monoisotopic (exact) mass is 208 g/mol. The van der Waals surface area contributed by atoms with Gasteiger partial charge in [0.15, 0.2) is 11.2 Å². The SMILES string of the molecule is O=Cc1cn2c3c(sc2n1)COCC3. The van der Waals surface area contributed by atoms with Crippen LogP contribution in [0.1, 0.15) is 21.1 Å². The van der Waals surface area contributed by atoms with Crippen molar-refractivity contribution in [2.24, 2.45) is 0 Å². The first kappa shape index (κ1) is 8.14. The highest BCUT2D eigenvalue weighted by Crippen LogP contribution is 2.27. The lowest BCUT2D eigenvalue weighted by atomic mass is 10.2. The molecule has 0 spiro atoms. The van der Waals surface area contributed by atoms with Crippen LogP contribution >= 0.6 is 11.3 Å². The van der Waals surface area contributed by atoms with Gasteiger partial charge < -0.3 is 4.74 Å². The van der Waals surface area contributed by atoms with Crippen molar-refractivity contribution in [2.45, 2.75) is 13.0 Å². The molecule has 0 unspecified atom stereocenters. The first-order chi connectivity index (χ1) is 6.88. The molecule has 5 heteroatoms. The van der Waals surface area contributed by atoms with E-state index in [4.69, 9.17) is 4.74 Å². The number of rotatable bonds is 1. The minimum Gasteiger partial charge on any atom is -0.375 e. The zero-order chi connectivity index (χ0) is 9.54. The van der Waals surface area contributed by atoms with Crippen LogP contribution in [0.15, 0.2) is 6.20 Å². The Bertz CT molecular complexity index is 500. The second-order valence-electron chi connectivity index (χ2n) is 3.21. The van der Waals surface area contributed by atoms with Crippen LogP contribution in [0.4, 0.5) is 0 Å². The number of imidazole rings is 1. The molecule has 0 N–H and O–H groups in total. The van der Waals surface area contributed by atoms with E-state index in [1.807, 2.05) is 4.40 Å². The maximum atomic E-state index is 10.5. The Balaban J connectivity index is 2.26. The molecule has 3 heterocycles. The van der Waals surface area contributed by atoms with Crippen molar-refractivity contribution in [1.29, 1.82) is 0 Å².